The molecule has 0 aliphatic carbocycles. The molecular weight excluding hydrogens is 278 g/mol. The van der Waals surface area contributed by atoms with Crippen LogP contribution in [-0.2, 0) is 4.74 Å². The largest absolute Gasteiger partial charge is 0.364 e. The van der Waals surface area contributed by atoms with Gasteiger partial charge in [0.1, 0.15) is 6.10 Å². The van der Waals surface area contributed by atoms with Gasteiger partial charge in [0.15, 0.2) is 0 Å². The lowest BCUT2D eigenvalue weighted by Gasteiger charge is -2.31. The van der Waals surface area contributed by atoms with Crippen LogP contribution >= 0.6 is 0 Å². The van der Waals surface area contributed by atoms with Gasteiger partial charge in [0.05, 0.1) is 11.6 Å². The van der Waals surface area contributed by atoms with Crippen molar-refractivity contribution in [3.05, 3.63) is 47.5 Å². The highest BCUT2D eigenvalue weighted by atomic mass is 16.6. The lowest BCUT2D eigenvalue weighted by molar-refractivity contribution is 0.0526. The second-order valence-corrected chi connectivity index (χ2v) is 6.57. The van der Waals surface area contributed by atoms with Crippen LogP contribution < -0.4 is 0 Å². The first-order valence-corrected chi connectivity index (χ1v) is 7.49. The molecule has 112 valence electrons. The highest BCUT2D eigenvalue weighted by Gasteiger charge is 2.55. The average Bonchev–Trinajstić information content (AvgIpc) is 3.13. The Bertz CT molecular complexity index is 773. The predicted octanol–water partition coefficient (Wildman–Crippen LogP) is 3.00. The molecule has 0 N–H and O–H groups in total. The number of carbonyl (C=O) groups is 2. The van der Waals surface area contributed by atoms with Crippen LogP contribution in [-0.4, -0.2) is 34.5 Å². The summed E-state index contributed by atoms with van der Waals surface area (Å²) in [7, 11) is 0. The molecule has 2 atom stereocenters. The quantitative estimate of drug-likeness (QED) is 0.632. The zero-order chi connectivity index (χ0) is 15.6. The van der Waals surface area contributed by atoms with Crippen LogP contribution in [0.2, 0.25) is 0 Å². The third kappa shape index (κ3) is 1.67. The van der Waals surface area contributed by atoms with E-state index >= 15 is 0 Å². The lowest BCUT2D eigenvalue weighted by Crippen LogP contribution is -2.48. The van der Waals surface area contributed by atoms with E-state index in [-0.39, 0.29) is 29.6 Å². The minimum Gasteiger partial charge on any atom is -0.364 e. The first-order valence-electron chi connectivity index (χ1n) is 7.49. The number of benzene rings is 2. The van der Waals surface area contributed by atoms with E-state index in [4.69, 9.17) is 4.74 Å². The zero-order valence-corrected chi connectivity index (χ0v) is 12.8. The molecule has 2 aromatic carbocycles. The number of ether oxygens (including phenoxy) is 1. The van der Waals surface area contributed by atoms with Gasteiger partial charge in [-0.25, -0.2) is 0 Å². The van der Waals surface area contributed by atoms with Crippen molar-refractivity contribution in [3.8, 4) is 0 Å². The van der Waals surface area contributed by atoms with Gasteiger partial charge in [-0.2, -0.15) is 0 Å². The molecule has 0 saturated carbocycles. The average molecular weight is 295 g/mol. The molecule has 4 rings (SSSR count). The Morgan fingerprint density at radius 2 is 1.55 bits per heavy atom. The Morgan fingerprint density at radius 1 is 1.05 bits per heavy atom. The topological polar surface area (TPSA) is 49.9 Å². The number of amides is 2. The SMILES string of the molecule is CC(C1OC1(C)C)N1C(=O)c2cccc3cccc(c23)C1=O. The predicted molar refractivity (Wildman–Crippen MR) is 82.9 cm³/mol. The van der Waals surface area contributed by atoms with Gasteiger partial charge >= 0.3 is 0 Å². The summed E-state index contributed by atoms with van der Waals surface area (Å²) in [6, 6.07) is 10.9. The lowest BCUT2D eigenvalue weighted by atomic mass is 9.92. The molecule has 0 radical (unpaired) electrons. The number of epoxide rings is 1. The molecule has 2 heterocycles. The number of nitrogens with zero attached hydrogens (tertiary/aromatic N) is 1. The molecule has 0 aromatic heterocycles. The van der Waals surface area contributed by atoms with E-state index in [0.717, 1.165) is 10.8 Å². The van der Waals surface area contributed by atoms with Gasteiger partial charge in [0.2, 0.25) is 0 Å². The van der Waals surface area contributed by atoms with E-state index in [0.29, 0.717) is 11.1 Å². The van der Waals surface area contributed by atoms with Crippen LogP contribution in [0.4, 0.5) is 0 Å². The summed E-state index contributed by atoms with van der Waals surface area (Å²) in [5.41, 5.74) is 0.916. The summed E-state index contributed by atoms with van der Waals surface area (Å²) in [6.07, 6.45) is -0.107. The first-order chi connectivity index (χ1) is 10.4. The van der Waals surface area contributed by atoms with Crippen molar-refractivity contribution in [1.29, 1.82) is 0 Å². The van der Waals surface area contributed by atoms with Gasteiger partial charge in [-0.15, -0.1) is 0 Å². The van der Waals surface area contributed by atoms with Crippen LogP contribution in [0.15, 0.2) is 36.4 Å². The van der Waals surface area contributed by atoms with Gasteiger partial charge < -0.3 is 4.74 Å². The summed E-state index contributed by atoms with van der Waals surface area (Å²) in [4.78, 5) is 27.1. The monoisotopic (exact) mass is 295 g/mol. The maximum absolute atomic E-state index is 12.8. The summed E-state index contributed by atoms with van der Waals surface area (Å²) < 4.78 is 5.63. The molecule has 1 fully saturated rings. The Kier molecular flexibility index (Phi) is 2.55. The molecule has 2 aliphatic rings. The molecule has 2 amide bonds. The second kappa shape index (κ2) is 4.17. The molecule has 2 aliphatic heterocycles. The van der Waals surface area contributed by atoms with E-state index in [1.165, 1.54) is 4.90 Å². The van der Waals surface area contributed by atoms with Crippen molar-refractivity contribution in [1.82, 2.24) is 4.90 Å². The molecule has 2 unspecified atom stereocenters. The van der Waals surface area contributed by atoms with Crippen LogP contribution in [0, 0.1) is 0 Å². The van der Waals surface area contributed by atoms with Gasteiger partial charge in [0, 0.05) is 16.5 Å². The third-order valence-corrected chi connectivity index (χ3v) is 4.71. The zero-order valence-electron chi connectivity index (χ0n) is 12.8. The number of hydrogen-bond donors (Lipinski definition) is 0. The van der Waals surface area contributed by atoms with E-state index < -0.39 is 0 Å². The Labute approximate surface area is 128 Å². The summed E-state index contributed by atoms with van der Waals surface area (Å²) in [5.74, 6) is -0.457. The van der Waals surface area contributed by atoms with Crippen molar-refractivity contribution in [3.63, 3.8) is 0 Å². The minimum atomic E-state index is -0.279. The van der Waals surface area contributed by atoms with Crippen LogP contribution in [0.25, 0.3) is 10.8 Å². The molecule has 4 nitrogen and oxygen atoms in total. The molecule has 4 heteroatoms. The number of imide groups is 1. The summed E-state index contributed by atoms with van der Waals surface area (Å²) >= 11 is 0. The summed E-state index contributed by atoms with van der Waals surface area (Å²) in [5, 5.41) is 1.69. The van der Waals surface area contributed by atoms with E-state index in [9.17, 15) is 9.59 Å². The minimum absolute atomic E-state index is 0.107. The van der Waals surface area contributed by atoms with Crippen molar-refractivity contribution in [2.24, 2.45) is 0 Å². The van der Waals surface area contributed by atoms with Gasteiger partial charge in [0.25, 0.3) is 11.8 Å². The van der Waals surface area contributed by atoms with E-state index in [1.807, 2.05) is 45.0 Å². The van der Waals surface area contributed by atoms with Crippen LogP contribution in [0.5, 0.6) is 0 Å². The Balaban J connectivity index is 1.86. The number of rotatable bonds is 2. The number of carbonyl (C=O) groups excluding carboxylic acids is 2. The molecular formula is C18H17NO3. The van der Waals surface area contributed by atoms with Crippen molar-refractivity contribution in [2.75, 3.05) is 0 Å². The van der Waals surface area contributed by atoms with Crippen LogP contribution in [0.1, 0.15) is 41.5 Å². The molecule has 22 heavy (non-hydrogen) atoms. The van der Waals surface area contributed by atoms with Crippen LogP contribution in [0.3, 0.4) is 0 Å². The van der Waals surface area contributed by atoms with E-state index in [2.05, 4.69) is 0 Å². The maximum Gasteiger partial charge on any atom is 0.261 e. The van der Waals surface area contributed by atoms with Gasteiger partial charge in [-0.1, -0.05) is 24.3 Å². The Hall–Kier alpha value is -2.20. The molecule has 1 saturated heterocycles. The fourth-order valence-electron chi connectivity index (χ4n) is 3.53. The fraction of sp³-hybridized carbons (Fsp3) is 0.333. The third-order valence-electron chi connectivity index (χ3n) is 4.71. The first kappa shape index (κ1) is 13.5. The van der Waals surface area contributed by atoms with Gasteiger partial charge in [-0.3, -0.25) is 14.5 Å². The smallest absolute Gasteiger partial charge is 0.261 e. The highest BCUT2D eigenvalue weighted by Crippen LogP contribution is 2.41. The van der Waals surface area contributed by atoms with Crippen molar-refractivity contribution in [2.45, 2.75) is 38.5 Å². The standard InChI is InChI=1S/C18H17NO3/c1-10(15-18(2,3)22-15)19-16(20)12-8-4-6-11-7-5-9-13(14(11)12)17(19)21/h4-10,15H,1-3H3. The number of hydrogen-bond acceptors (Lipinski definition) is 3. The molecule has 2 aromatic rings. The van der Waals surface area contributed by atoms with Gasteiger partial charge in [-0.05, 0) is 38.3 Å². The normalized spacial score (nSPS) is 23.8. The second-order valence-electron chi connectivity index (χ2n) is 6.57. The fourth-order valence-corrected chi connectivity index (χ4v) is 3.53. The highest BCUT2D eigenvalue weighted by molar-refractivity contribution is 6.25. The Morgan fingerprint density at radius 3 is 2.00 bits per heavy atom. The maximum atomic E-state index is 12.8. The van der Waals surface area contributed by atoms with E-state index in [1.54, 1.807) is 12.1 Å². The van der Waals surface area contributed by atoms with Crippen molar-refractivity contribution >= 4 is 22.6 Å². The van der Waals surface area contributed by atoms with Crippen molar-refractivity contribution < 1.29 is 14.3 Å². The molecule has 0 bridgehead atoms. The summed E-state index contributed by atoms with van der Waals surface area (Å²) in [6.45, 7) is 5.83. The molecule has 0 spiro atoms.